The fraction of sp³-hybridized carbons (Fsp3) is 0.0667. The highest BCUT2D eigenvalue weighted by atomic mass is 79.9. The molecule has 0 fully saturated rings. The molecule has 0 unspecified atom stereocenters. The molecule has 0 spiro atoms. The third-order valence-corrected chi connectivity index (χ3v) is 4.32. The molecule has 0 amide bonds. The number of halogens is 2. The molecule has 0 radical (unpaired) electrons. The van der Waals surface area contributed by atoms with Gasteiger partial charge in [-0.1, -0.05) is 39.3 Å². The second-order valence-corrected chi connectivity index (χ2v) is 6.56. The maximum Gasteiger partial charge on any atom is 0.186 e. The van der Waals surface area contributed by atoms with Crippen molar-refractivity contribution in [3.05, 3.63) is 58.0 Å². The number of hydrogen-bond donors (Lipinski definition) is 1. The monoisotopic (exact) mass is 382 g/mol. The van der Waals surface area contributed by atoms with Crippen LogP contribution >= 0.6 is 39.3 Å². The molecule has 21 heavy (non-hydrogen) atoms. The van der Waals surface area contributed by atoms with Crippen LogP contribution in [0.1, 0.15) is 6.92 Å². The van der Waals surface area contributed by atoms with Crippen LogP contribution in [0, 0.1) is 0 Å². The molecule has 0 aromatic heterocycles. The molecule has 2 aromatic carbocycles. The Hall–Kier alpha value is -1.30. The van der Waals surface area contributed by atoms with E-state index < -0.39 is 0 Å². The van der Waals surface area contributed by atoms with Gasteiger partial charge < -0.3 is 0 Å². The minimum Gasteiger partial charge on any atom is -0.292 e. The minimum atomic E-state index is -0.0976. The van der Waals surface area contributed by atoms with Gasteiger partial charge in [0.1, 0.15) is 0 Å². The quantitative estimate of drug-likeness (QED) is 0.341. The Balaban J connectivity index is 2.11. The Morgan fingerprint density at radius 1 is 1.14 bits per heavy atom. The number of hydrazone groups is 1. The zero-order valence-corrected chi connectivity index (χ0v) is 14.3. The van der Waals surface area contributed by atoms with Gasteiger partial charge in [-0.15, -0.1) is 0 Å². The van der Waals surface area contributed by atoms with Crippen molar-refractivity contribution in [1.82, 2.24) is 0 Å². The fourth-order valence-corrected chi connectivity index (χ4v) is 2.55. The molecule has 0 saturated carbocycles. The van der Waals surface area contributed by atoms with Crippen LogP contribution in [0.15, 0.2) is 63.0 Å². The van der Waals surface area contributed by atoms with Crippen LogP contribution in [0.2, 0.25) is 5.02 Å². The summed E-state index contributed by atoms with van der Waals surface area (Å²) in [7, 11) is 0. The summed E-state index contributed by atoms with van der Waals surface area (Å²) in [5.74, 6) is -0.0976. The lowest BCUT2D eigenvalue weighted by atomic mass is 10.3. The predicted molar refractivity (Wildman–Crippen MR) is 93.2 cm³/mol. The topological polar surface area (TPSA) is 41.5 Å². The first-order chi connectivity index (χ1) is 10.0. The van der Waals surface area contributed by atoms with Gasteiger partial charge in [0.25, 0.3) is 0 Å². The summed E-state index contributed by atoms with van der Waals surface area (Å²) in [6.45, 7) is 1.49. The molecular weight excluding hydrogens is 372 g/mol. The maximum atomic E-state index is 11.7. The van der Waals surface area contributed by atoms with E-state index in [2.05, 4.69) is 26.5 Å². The van der Waals surface area contributed by atoms with Gasteiger partial charge in [0.05, 0.1) is 5.69 Å². The van der Waals surface area contributed by atoms with E-state index in [1.54, 1.807) is 12.1 Å². The van der Waals surface area contributed by atoms with Crippen LogP contribution in [0.5, 0.6) is 0 Å². The van der Waals surface area contributed by atoms with Crippen LogP contribution in [0.25, 0.3) is 0 Å². The number of ketones is 1. The first-order valence-electron chi connectivity index (χ1n) is 6.08. The minimum absolute atomic E-state index is 0.0976. The number of carbonyl (C=O) groups is 1. The number of anilines is 1. The first-order valence-corrected chi connectivity index (χ1v) is 8.07. The highest BCUT2D eigenvalue weighted by Gasteiger charge is 2.08. The van der Waals surface area contributed by atoms with Crippen LogP contribution in [-0.4, -0.2) is 10.8 Å². The van der Waals surface area contributed by atoms with E-state index >= 15 is 0 Å². The molecule has 0 aliphatic heterocycles. The highest BCUT2D eigenvalue weighted by molar-refractivity contribution is 9.10. The molecule has 1 N–H and O–H groups in total. The number of hydrogen-bond acceptors (Lipinski definition) is 4. The highest BCUT2D eigenvalue weighted by Crippen LogP contribution is 2.22. The summed E-state index contributed by atoms with van der Waals surface area (Å²) >= 11 is 10.5. The lowest BCUT2D eigenvalue weighted by Gasteiger charge is -2.05. The van der Waals surface area contributed by atoms with Crippen LogP contribution < -0.4 is 5.43 Å². The Bertz CT molecular complexity index is 656. The second kappa shape index (κ2) is 7.64. The maximum absolute atomic E-state index is 11.7. The van der Waals surface area contributed by atoms with E-state index in [1.165, 1.54) is 18.7 Å². The van der Waals surface area contributed by atoms with E-state index in [4.69, 9.17) is 11.6 Å². The third-order valence-electron chi connectivity index (χ3n) is 2.46. The molecule has 0 heterocycles. The van der Waals surface area contributed by atoms with Crippen molar-refractivity contribution in [1.29, 1.82) is 0 Å². The van der Waals surface area contributed by atoms with Gasteiger partial charge in [-0.3, -0.25) is 10.2 Å². The molecule has 0 bridgehead atoms. The molecule has 0 aliphatic rings. The van der Waals surface area contributed by atoms with E-state index in [1.807, 2.05) is 36.4 Å². The van der Waals surface area contributed by atoms with Gasteiger partial charge in [0, 0.05) is 21.3 Å². The number of nitrogens with zero attached hydrogens (tertiary/aromatic N) is 1. The number of rotatable bonds is 4. The normalized spacial score (nSPS) is 11.3. The molecule has 0 atom stereocenters. The first kappa shape index (κ1) is 16.1. The van der Waals surface area contributed by atoms with Crippen LogP contribution in [0.4, 0.5) is 5.69 Å². The van der Waals surface area contributed by atoms with E-state index in [-0.39, 0.29) is 5.78 Å². The Kier molecular flexibility index (Phi) is 5.85. The average molecular weight is 384 g/mol. The molecule has 0 saturated heterocycles. The van der Waals surface area contributed by atoms with Crippen LogP contribution in [0.3, 0.4) is 0 Å². The molecule has 2 rings (SSSR count). The molecule has 108 valence electrons. The lowest BCUT2D eigenvalue weighted by Crippen LogP contribution is -2.08. The predicted octanol–water partition coefficient (Wildman–Crippen LogP) is 5.21. The number of benzene rings is 2. The Morgan fingerprint density at radius 3 is 2.33 bits per heavy atom. The summed E-state index contributed by atoms with van der Waals surface area (Å²) < 4.78 is 0.986. The molecule has 2 aromatic rings. The molecular formula is C15H12BrClN2OS. The summed E-state index contributed by atoms with van der Waals surface area (Å²) in [5.41, 5.74) is 3.70. The van der Waals surface area contributed by atoms with Crippen LogP contribution in [-0.2, 0) is 4.79 Å². The van der Waals surface area contributed by atoms with Gasteiger partial charge in [-0.05, 0) is 48.5 Å². The number of carbonyl (C=O) groups excluding carboxylic acids is 1. The zero-order chi connectivity index (χ0) is 15.2. The zero-order valence-electron chi connectivity index (χ0n) is 11.1. The van der Waals surface area contributed by atoms with Crippen molar-refractivity contribution >= 4 is 55.8 Å². The van der Waals surface area contributed by atoms with Gasteiger partial charge in [0.2, 0.25) is 0 Å². The van der Waals surface area contributed by atoms with Crippen molar-refractivity contribution in [2.24, 2.45) is 5.10 Å². The summed E-state index contributed by atoms with van der Waals surface area (Å²) in [4.78, 5) is 12.6. The van der Waals surface area contributed by atoms with Gasteiger partial charge >= 0.3 is 0 Å². The average Bonchev–Trinajstić information content (AvgIpc) is 2.47. The summed E-state index contributed by atoms with van der Waals surface area (Å²) in [6, 6.07) is 14.8. The third kappa shape index (κ3) is 5.19. The Morgan fingerprint density at radius 2 is 1.76 bits per heavy atom. The lowest BCUT2D eigenvalue weighted by molar-refractivity contribution is -0.110. The second-order valence-electron chi connectivity index (χ2n) is 4.15. The molecule has 6 heteroatoms. The number of Topliss-reactive ketones (excluding diaryl/α,β-unsaturated/α-hetero) is 1. The smallest absolute Gasteiger partial charge is 0.186 e. The van der Waals surface area contributed by atoms with E-state index in [0.29, 0.717) is 10.1 Å². The Labute approximate surface area is 140 Å². The van der Waals surface area contributed by atoms with Gasteiger partial charge in [0.15, 0.2) is 10.8 Å². The fourth-order valence-electron chi connectivity index (χ4n) is 1.43. The molecule has 3 nitrogen and oxygen atoms in total. The SMILES string of the molecule is CC(=O)/C(=N\Nc1ccc(Br)cc1)Sc1ccc(Cl)cc1. The standard InChI is InChI=1S/C15H12BrClN2OS/c1-10(20)15(21-14-8-4-12(17)5-9-14)19-18-13-6-2-11(16)3-7-13/h2-9,18H,1H3/b19-15+. The largest absolute Gasteiger partial charge is 0.292 e. The van der Waals surface area contributed by atoms with E-state index in [0.717, 1.165) is 15.1 Å². The van der Waals surface area contributed by atoms with E-state index in [9.17, 15) is 4.79 Å². The van der Waals surface area contributed by atoms with Crippen molar-refractivity contribution in [2.45, 2.75) is 11.8 Å². The molecule has 0 aliphatic carbocycles. The summed E-state index contributed by atoms with van der Waals surface area (Å²) in [6.07, 6.45) is 0. The van der Waals surface area contributed by atoms with Crippen molar-refractivity contribution in [3.63, 3.8) is 0 Å². The number of nitrogens with one attached hydrogen (secondary N) is 1. The van der Waals surface area contributed by atoms with Gasteiger partial charge in [-0.2, -0.15) is 5.10 Å². The summed E-state index contributed by atoms with van der Waals surface area (Å²) in [5, 5.41) is 5.22. The number of thioether (sulfide) groups is 1. The van der Waals surface area contributed by atoms with Gasteiger partial charge in [-0.25, -0.2) is 0 Å². The van der Waals surface area contributed by atoms with Crippen molar-refractivity contribution in [3.8, 4) is 0 Å². The van der Waals surface area contributed by atoms with Crippen molar-refractivity contribution < 1.29 is 4.79 Å². The van der Waals surface area contributed by atoms with Crippen molar-refractivity contribution in [2.75, 3.05) is 5.43 Å².